The average molecular weight is 809 g/mol. The van der Waals surface area contributed by atoms with Crippen LogP contribution < -0.4 is 0 Å². The van der Waals surface area contributed by atoms with Gasteiger partial charge in [0.05, 0.1) is 37.1 Å². The first kappa shape index (κ1) is 42.1. The summed E-state index contributed by atoms with van der Waals surface area (Å²) in [6.07, 6.45) is -2.28. The molecule has 310 valence electrons. The second kappa shape index (κ2) is 15.4. The number of likely N-dealkylation sites (tertiary alicyclic amines) is 2. The lowest BCUT2D eigenvalue weighted by Crippen LogP contribution is -2.66. The standard InChI is InChI=1S/C41H47F7N4O5/c1-37(2,3)57-35(54)33-27(7-6-8-32(33)26-9-11-40(44,45)12-10-26)20-56-21-29-19-50(22-39(29)23-51(24-39)36(55)38(4,5)41(46,47)48)34(53)28-16-49-52(18-28)17-25-13-30(42)15-31(43)14-25/h6-8,13-16,18,26,29H,9-12,17,19-24H2,1-5H3/t29-/m0/s1. The SMILES string of the molecule is CC(C)(C)OC(=O)c1c(COC[C@@H]2CN(C(=O)c3cnn(Cc4cc(F)cc(F)c4)c3)CC23CN(C(=O)C(C)(C)C(F)(F)F)C3)cccc1C1CCC(F)(F)CC1. The van der Waals surface area contributed by atoms with E-state index in [1.807, 2.05) is 0 Å². The van der Waals surface area contributed by atoms with Crippen molar-refractivity contribution >= 4 is 17.8 Å². The van der Waals surface area contributed by atoms with Gasteiger partial charge in [0, 0.05) is 62.6 Å². The van der Waals surface area contributed by atoms with E-state index in [0.717, 1.165) is 36.9 Å². The van der Waals surface area contributed by atoms with Crippen LogP contribution in [-0.4, -0.2) is 87.8 Å². The molecule has 2 aromatic carbocycles. The van der Waals surface area contributed by atoms with Gasteiger partial charge in [-0.1, -0.05) is 18.2 Å². The smallest absolute Gasteiger partial charge is 0.402 e. The highest BCUT2D eigenvalue weighted by molar-refractivity contribution is 5.94. The Balaban J connectivity index is 1.21. The first-order valence-corrected chi connectivity index (χ1v) is 18.9. The number of benzene rings is 2. The van der Waals surface area contributed by atoms with Gasteiger partial charge in [0.15, 0.2) is 0 Å². The zero-order chi connectivity index (χ0) is 41.7. The minimum absolute atomic E-state index is 0.00646. The van der Waals surface area contributed by atoms with E-state index in [2.05, 4.69) is 5.10 Å². The minimum Gasteiger partial charge on any atom is -0.456 e. The Hall–Kier alpha value is -4.47. The molecule has 2 amide bonds. The van der Waals surface area contributed by atoms with Gasteiger partial charge in [-0.05, 0) is 82.2 Å². The number of esters is 1. The number of carbonyl (C=O) groups excluding carboxylic acids is 3. The maximum Gasteiger partial charge on any atom is 0.402 e. The molecule has 3 fully saturated rings. The fraction of sp³-hybridized carbons (Fsp3) is 0.561. The van der Waals surface area contributed by atoms with Crippen molar-refractivity contribution < 1.29 is 54.6 Å². The predicted molar refractivity (Wildman–Crippen MR) is 193 cm³/mol. The fourth-order valence-electron chi connectivity index (χ4n) is 8.10. The molecule has 0 N–H and O–H groups in total. The van der Waals surface area contributed by atoms with Gasteiger partial charge in [0.25, 0.3) is 5.91 Å². The summed E-state index contributed by atoms with van der Waals surface area (Å²) in [7, 11) is 0. The number of carbonyl (C=O) groups is 3. The number of nitrogens with zero attached hydrogens (tertiary/aromatic N) is 4. The Morgan fingerprint density at radius 1 is 0.912 bits per heavy atom. The van der Waals surface area contributed by atoms with Crippen LogP contribution in [0, 0.1) is 28.4 Å². The van der Waals surface area contributed by atoms with Crippen LogP contribution in [0.1, 0.15) is 104 Å². The van der Waals surface area contributed by atoms with Crippen molar-refractivity contribution in [1.29, 1.82) is 0 Å². The minimum atomic E-state index is -4.79. The molecule has 1 aliphatic carbocycles. The molecule has 1 saturated carbocycles. The van der Waals surface area contributed by atoms with Crippen LogP contribution in [0.4, 0.5) is 30.7 Å². The number of ether oxygens (including phenoxy) is 2. The maximum absolute atomic E-state index is 14.1. The van der Waals surface area contributed by atoms with Gasteiger partial charge in [-0.25, -0.2) is 22.4 Å². The number of alkyl halides is 5. The quantitative estimate of drug-likeness (QED) is 0.152. The topological polar surface area (TPSA) is 94.0 Å². The molecular weight excluding hydrogens is 761 g/mol. The average Bonchev–Trinajstić information content (AvgIpc) is 3.70. The lowest BCUT2D eigenvalue weighted by Gasteiger charge is -2.52. The summed E-state index contributed by atoms with van der Waals surface area (Å²) in [5.74, 6) is -7.19. The molecule has 9 nitrogen and oxygen atoms in total. The normalized spacial score (nSPS) is 19.8. The van der Waals surface area contributed by atoms with Crippen molar-refractivity contribution in [2.24, 2.45) is 16.7 Å². The van der Waals surface area contributed by atoms with Gasteiger partial charge in [-0.2, -0.15) is 18.3 Å². The molecule has 1 atom stereocenters. The highest BCUT2D eigenvalue weighted by Gasteiger charge is 2.61. The van der Waals surface area contributed by atoms with E-state index in [1.165, 1.54) is 22.0 Å². The second-order valence-corrected chi connectivity index (χ2v) is 17.3. The van der Waals surface area contributed by atoms with Crippen molar-refractivity contribution in [3.63, 3.8) is 0 Å². The van der Waals surface area contributed by atoms with Gasteiger partial charge >= 0.3 is 12.1 Å². The Kier molecular flexibility index (Phi) is 11.4. The van der Waals surface area contributed by atoms with E-state index in [0.29, 0.717) is 11.1 Å². The first-order valence-electron chi connectivity index (χ1n) is 18.9. The number of hydrogen-bond acceptors (Lipinski definition) is 6. The van der Waals surface area contributed by atoms with Gasteiger partial charge in [-0.3, -0.25) is 14.3 Å². The van der Waals surface area contributed by atoms with Crippen LogP contribution in [0.3, 0.4) is 0 Å². The molecule has 2 saturated heterocycles. The molecule has 0 radical (unpaired) electrons. The lowest BCUT2D eigenvalue weighted by atomic mass is 9.70. The number of halogens is 7. The lowest BCUT2D eigenvalue weighted by molar-refractivity contribution is -0.223. The van der Waals surface area contributed by atoms with Gasteiger partial charge in [0.1, 0.15) is 22.7 Å². The molecule has 6 rings (SSSR count). The van der Waals surface area contributed by atoms with E-state index in [1.54, 1.807) is 39.0 Å². The van der Waals surface area contributed by atoms with E-state index in [4.69, 9.17) is 9.47 Å². The number of amides is 2. The van der Waals surface area contributed by atoms with Crippen molar-refractivity contribution in [3.05, 3.63) is 88.2 Å². The van der Waals surface area contributed by atoms with Crippen LogP contribution in [0.2, 0.25) is 0 Å². The summed E-state index contributed by atoms with van der Waals surface area (Å²) >= 11 is 0. The summed E-state index contributed by atoms with van der Waals surface area (Å²) < 4.78 is 111. The number of rotatable bonds is 10. The molecule has 0 unspecified atom stereocenters. The van der Waals surface area contributed by atoms with Crippen LogP contribution in [0.25, 0.3) is 0 Å². The molecule has 3 heterocycles. The van der Waals surface area contributed by atoms with Gasteiger partial charge in [0.2, 0.25) is 11.8 Å². The van der Waals surface area contributed by atoms with Crippen LogP contribution >= 0.6 is 0 Å². The highest BCUT2D eigenvalue weighted by atomic mass is 19.4. The van der Waals surface area contributed by atoms with Crippen LogP contribution in [0.15, 0.2) is 48.8 Å². The van der Waals surface area contributed by atoms with Crippen molar-refractivity contribution in [2.45, 2.75) is 97.1 Å². The monoisotopic (exact) mass is 808 g/mol. The Morgan fingerprint density at radius 3 is 2.16 bits per heavy atom. The zero-order valence-corrected chi connectivity index (χ0v) is 32.5. The maximum atomic E-state index is 14.1. The molecule has 3 aliphatic rings. The largest absolute Gasteiger partial charge is 0.456 e. The third-order valence-electron chi connectivity index (χ3n) is 11.3. The molecular formula is C41H47F7N4O5. The van der Waals surface area contributed by atoms with Gasteiger partial charge in [-0.15, -0.1) is 0 Å². The van der Waals surface area contributed by atoms with Crippen molar-refractivity contribution in [2.75, 3.05) is 32.8 Å². The fourth-order valence-corrected chi connectivity index (χ4v) is 8.10. The van der Waals surface area contributed by atoms with Crippen molar-refractivity contribution in [3.8, 4) is 0 Å². The van der Waals surface area contributed by atoms with E-state index >= 15 is 0 Å². The first-order chi connectivity index (χ1) is 26.5. The summed E-state index contributed by atoms with van der Waals surface area (Å²) in [5.41, 5.74) is -2.53. The number of hydrogen-bond donors (Lipinski definition) is 0. The predicted octanol–water partition coefficient (Wildman–Crippen LogP) is 8.16. The third kappa shape index (κ3) is 9.15. The third-order valence-corrected chi connectivity index (χ3v) is 11.3. The molecule has 3 aromatic rings. The van der Waals surface area contributed by atoms with Gasteiger partial charge < -0.3 is 19.3 Å². The Morgan fingerprint density at radius 2 is 1.54 bits per heavy atom. The molecule has 1 aromatic heterocycles. The van der Waals surface area contributed by atoms with Crippen LogP contribution in [0.5, 0.6) is 0 Å². The number of aromatic nitrogens is 2. The molecule has 2 aliphatic heterocycles. The molecule has 16 heteroatoms. The van der Waals surface area contributed by atoms with Crippen LogP contribution in [-0.2, 0) is 27.4 Å². The Bertz CT molecular complexity index is 1970. The highest BCUT2D eigenvalue weighted by Crippen LogP contribution is 2.48. The van der Waals surface area contributed by atoms with E-state index in [9.17, 15) is 45.1 Å². The van der Waals surface area contributed by atoms with E-state index in [-0.39, 0.29) is 94.2 Å². The molecule has 1 spiro atoms. The molecule has 57 heavy (non-hydrogen) atoms. The summed E-state index contributed by atoms with van der Waals surface area (Å²) in [4.78, 5) is 43.3. The van der Waals surface area contributed by atoms with E-state index < -0.39 is 63.9 Å². The summed E-state index contributed by atoms with van der Waals surface area (Å²) in [5, 5.41) is 4.18. The second-order valence-electron chi connectivity index (χ2n) is 17.3. The Labute approximate surface area is 326 Å². The summed E-state index contributed by atoms with van der Waals surface area (Å²) in [6, 6.07) is 8.20. The molecule has 0 bridgehead atoms. The zero-order valence-electron chi connectivity index (χ0n) is 32.5. The van der Waals surface area contributed by atoms with Crippen molar-refractivity contribution in [1.82, 2.24) is 19.6 Å². The summed E-state index contributed by atoms with van der Waals surface area (Å²) in [6.45, 7) is 6.82.